The molecule has 0 aromatic heterocycles. The number of ether oxygens (including phenoxy) is 1. The van der Waals surface area contributed by atoms with Crippen LogP contribution in [0, 0.1) is 0 Å². The van der Waals surface area contributed by atoms with Gasteiger partial charge in [-0.2, -0.15) is 0 Å². The fraction of sp³-hybridized carbons (Fsp3) is 0.571. The SMILES string of the molecule is CCCNC(CCCOC)c1cc(Cl)cc(Br)c1. The Bertz CT molecular complexity index is 339. The Morgan fingerprint density at radius 1 is 1.39 bits per heavy atom. The minimum absolute atomic E-state index is 0.343. The van der Waals surface area contributed by atoms with Crippen molar-refractivity contribution in [2.45, 2.75) is 32.2 Å². The molecule has 0 aliphatic heterocycles. The summed E-state index contributed by atoms with van der Waals surface area (Å²) in [6.45, 7) is 3.99. The van der Waals surface area contributed by atoms with Crippen molar-refractivity contribution >= 4 is 27.5 Å². The molecule has 0 fully saturated rings. The molecule has 0 spiro atoms. The Hall–Kier alpha value is -0.0900. The Labute approximate surface area is 123 Å². The van der Waals surface area contributed by atoms with Gasteiger partial charge in [0, 0.05) is 29.3 Å². The Morgan fingerprint density at radius 2 is 2.17 bits per heavy atom. The highest BCUT2D eigenvalue weighted by Gasteiger charge is 2.11. The van der Waals surface area contributed by atoms with Crippen LogP contribution in [-0.2, 0) is 4.74 Å². The summed E-state index contributed by atoms with van der Waals surface area (Å²) in [5.41, 5.74) is 1.24. The molecule has 1 aromatic rings. The van der Waals surface area contributed by atoms with Crippen LogP contribution < -0.4 is 5.32 Å². The summed E-state index contributed by atoms with van der Waals surface area (Å²) >= 11 is 9.60. The molecule has 1 N–H and O–H groups in total. The van der Waals surface area contributed by atoms with E-state index in [4.69, 9.17) is 16.3 Å². The predicted molar refractivity (Wildman–Crippen MR) is 81.3 cm³/mol. The molecular formula is C14H21BrClNO. The fourth-order valence-electron chi connectivity index (χ4n) is 1.91. The molecular weight excluding hydrogens is 314 g/mol. The maximum Gasteiger partial charge on any atom is 0.0462 e. The standard InChI is InChI=1S/C14H21BrClNO/c1-3-6-17-14(5-4-7-18-2)11-8-12(15)10-13(16)9-11/h8-10,14,17H,3-7H2,1-2H3. The third-order valence-electron chi connectivity index (χ3n) is 2.77. The van der Waals surface area contributed by atoms with Crippen LogP contribution in [0.1, 0.15) is 37.8 Å². The first-order valence-corrected chi connectivity index (χ1v) is 7.52. The molecule has 1 aromatic carbocycles. The van der Waals surface area contributed by atoms with Crippen molar-refractivity contribution in [2.75, 3.05) is 20.3 Å². The van der Waals surface area contributed by atoms with E-state index < -0.39 is 0 Å². The van der Waals surface area contributed by atoms with Crippen LogP contribution in [0.4, 0.5) is 0 Å². The van der Waals surface area contributed by atoms with Gasteiger partial charge < -0.3 is 10.1 Å². The molecule has 0 aliphatic carbocycles. The monoisotopic (exact) mass is 333 g/mol. The minimum atomic E-state index is 0.343. The lowest BCUT2D eigenvalue weighted by Gasteiger charge is -2.19. The van der Waals surface area contributed by atoms with Crippen molar-refractivity contribution in [3.8, 4) is 0 Å². The van der Waals surface area contributed by atoms with Gasteiger partial charge in [0.2, 0.25) is 0 Å². The molecule has 1 rings (SSSR count). The van der Waals surface area contributed by atoms with E-state index >= 15 is 0 Å². The third-order valence-corrected chi connectivity index (χ3v) is 3.45. The van der Waals surface area contributed by atoms with Crippen LogP contribution in [0.2, 0.25) is 5.02 Å². The Kier molecular flexibility index (Phi) is 7.91. The zero-order valence-corrected chi connectivity index (χ0v) is 13.4. The maximum absolute atomic E-state index is 6.11. The van der Waals surface area contributed by atoms with E-state index in [1.807, 2.05) is 12.1 Å². The van der Waals surface area contributed by atoms with E-state index in [2.05, 4.69) is 34.2 Å². The first kappa shape index (κ1) is 16.0. The number of methoxy groups -OCH3 is 1. The van der Waals surface area contributed by atoms with E-state index in [9.17, 15) is 0 Å². The summed E-state index contributed by atoms with van der Waals surface area (Å²) in [6, 6.07) is 6.42. The molecule has 0 saturated heterocycles. The van der Waals surface area contributed by atoms with Crippen molar-refractivity contribution in [1.82, 2.24) is 5.32 Å². The van der Waals surface area contributed by atoms with Gasteiger partial charge in [0.15, 0.2) is 0 Å². The number of hydrogen-bond donors (Lipinski definition) is 1. The summed E-state index contributed by atoms with van der Waals surface area (Å²) in [5.74, 6) is 0. The summed E-state index contributed by atoms with van der Waals surface area (Å²) in [4.78, 5) is 0. The molecule has 102 valence electrons. The smallest absolute Gasteiger partial charge is 0.0462 e. The van der Waals surface area contributed by atoms with Crippen molar-refractivity contribution in [2.24, 2.45) is 0 Å². The van der Waals surface area contributed by atoms with Gasteiger partial charge in [-0.25, -0.2) is 0 Å². The van der Waals surface area contributed by atoms with E-state index in [1.54, 1.807) is 7.11 Å². The molecule has 0 amide bonds. The third kappa shape index (κ3) is 5.70. The van der Waals surface area contributed by atoms with E-state index in [0.717, 1.165) is 41.9 Å². The van der Waals surface area contributed by atoms with Crippen LogP contribution in [-0.4, -0.2) is 20.3 Å². The molecule has 4 heteroatoms. The van der Waals surface area contributed by atoms with Crippen molar-refractivity contribution < 1.29 is 4.74 Å². The molecule has 18 heavy (non-hydrogen) atoms. The summed E-state index contributed by atoms with van der Waals surface area (Å²) in [6.07, 6.45) is 3.23. The molecule has 0 bridgehead atoms. The number of hydrogen-bond acceptors (Lipinski definition) is 2. The number of nitrogens with one attached hydrogen (secondary N) is 1. The van der Waals surface area contributed by atoms with Gasteiger partial charge >= 0.3 is 0 Å². The zero-order chi connectivity index (χ0) is 13.4. The van der Waals surface area contributed by atoms with Gasteiger partial charge in [0.05, 0.1) is 0 Å². The van der Waals surface area contributed by atoms with E-state index in [-0.39, 0.29) is 0 Å². The van der Waals surface area contributed by atoms with E-state index in [1.165, 1.54) is 5.56 Å². The quantitative estimate of drug-likeness (QED) is 0.703. The second-order valence-corrected chi connectivity index (χ2v) is 5.70. The first-order valence-electron chi connectivity index (χ1n) is 6.35. The van der Waals surface area contributed by atoms with Gasteiger partial charge in [-0.05, 0) is 49.6 Å². The second-order valence-electron chi connectivity index (χ2n) is 4.34. The maximum atomic E-state index is 6.11. The Morgan fingerprint density at radius 3 is 2.78 bits per heavy atom. The normalized spacial score (nSPS) is 12.7. The molecule has 0 heterocycles. The second kappa shape index (κ2) is 8.92. The summed E-state index contributed by atoms with van der Waals surface area (Å²) in [5, 5.41) is 4.34. The highest BCUT2D eigenvalue weighted by molar-refractivity contribution is 9.10. The lowest BCUT2D eigenvalue weighted by atomic mass is 10.0. The Balaban J connectivity index is 2.72. The average molecular weight is 335 g/mol. The molecule has 2 nitrogen and oxygen atoms in total. The first-order chi connectivity index (χ1) is 8.67. The van der Waals surface area contributed by atoms with Gasteiger partial charge in [-0.15, -0.1) is 0 Å². The molecule has 0 radical (unpaired) electrons. The van der Waals surface area contributed by atoms with Gasteiger partial charge in [-0.1, -0.05) is 34.5 Å². The van der Waals surface area contributed by atoms with Gasteiger partial charge in [0.1, 0.15) is 0 Å². The largest absolute Gasteiger partial charge is 0.385 e. The number of benzene rings is 1. The minimum Gasteiger partial charge on any atom is -0.385 e. The van der Waals surface area contributed by atoms with Crippen LogP contribution in [0.25, 0.3) is 0 Å². The molecule has 0 saturated carbocycles. The summed E-state index contributed by atoms with van der Waals surface area (Å²) in [7, 11) is 1.74. The zero-order valence-electron chi connectivity index (χ0n) is 11.0. The van der Waals surface area contributed by atoms with Crippen LogP contribution >= 0.6 is 27.5 Å². The highest BCUT2D eigenvalue weighted by atomic mass is 79.9. The van der Waals surface area contributed by atoms with Gasteiger partial charge in [0.25, 0.3) is 0 Å². The van der Waals surface area contributed by atoms with Gasteiger partial charge in [-0.3, -0.25) is 0 Å². The molecule has 0 aliphatic rings. The highest BCUT2D eigenvalue weighted by Crippen LogP contribution is 2.26. The predicted octanol–water partition coefficient (Wildman–Crippen LogP) is 4.57. The van der Waals surface area contributed by atoms with Crippen LogP contribution in [0.15, 0.2) is 22.7 Å². The van der Waals surface area contributed by atoms with Crippen molar-refractivity contribution in [3.63, 3.8) is 0 Å². The molecule has 1 unspecified atom stereocenters. The van der Waals surface area contributed by atoms with E-state index in [0.29, 0.717) is 6.04 Å². The van der Waals surface area contributed by atoms with Crippen molar-refractivity contribution in [1.29, 1.82) is 0 Å². The van der Waals surface area contributed by atoms with Crippen molar-refractivity contribution in [3.05, 3.63) is 33.3 Å². The average Bonchev–Trinajstić information content (AvgIpc) is 2.32. The topological polar surface area (TPSA) is 21.3 Å². The number of halogens is 2. The van der Waals surface area contributed by atoms with Crippen LogP contribution in [0.3, 0.4) is 0 Å². The molecule has 1 atom stereocenters. The lowest BCUT2D eigenvalue weighted by Crippen LogP contribution is -2.22. The van der Waals surface area contributed by atoms with Crippen LogP contribution in [0.5, 0.6) is 0 Å². The lowest BCUT2D eigenvalue weighted by molar-refractivity contribution is 0.188. The summed E-state index contributed by atoms with van der Waals surface area (Å²) < 4.78 is 6.14. The number of rotatable bonds is 8. The fourth-order valence-corrected chi connectivity index (χ4v) is 2.80.